The van der Waals surface area contributed by atoms with E-state index in [0.717, 1.165) is 5.92 Å². The number of hydrogen-bond donors (Lipinski definition) is 1. The molecular weight excluding hydrogens is 206 g/mol. The van der Waals surface area contributed by atoms with Gasteiger partial charge in [0.2, 0.25) is 0 Å². The van der Waals surface area contributed by atoms with Crippen molar-refractivity contribution in [3.05, 3.63) is 34.9 Å². The highest BCUT2D eigenvalue weighted by Crippen LogP contribution is 2.38. The van der Waals surface area contributed by atoms with Crippen molar-refractivity contribution in [2.24, 2.45) is 5.92 Å². The zero-order valence-electron chi connectivity index (χ0n) is 11.6. The van der Waals surface area contributed by atoms with Gasteiger partial charge in [0.1, 0.15) is 0 Å². The maximum Gasteiger partial charge on any atom is -0.00460 e. The van der Waals surface area contributed by atoms with Crippen molar-refractivity contribution in [2.75, 3.05) is 13.1 Å². The van der Waals surface area contributed by atoms with Crippen LogP contribution >= 0.6 is 0 Å². The third-order valence-electron chi connectivity index (χ3n) is 4.44. The van der Waals surface area contributed by atoms with Crippen LogP contribution in [0.3, 0.4) is 0 Å². The fourth-order valence-corrected chi connectivity index (χ4v) is 3.30. The Labute approximate surface area is 106 Å². The van der Waals surface area contributed by atoms with Gasteiger partial charge >= 0.3 is 0 Å². The van der Waals surface area contributed by atoms with E-state index in [4.69, 9.17) is 0 Å². The monoisotopic (exact) mass is 231 g/mol. The minimum Gasteiger partial charge on any atom is -0.317 e. The molecule has 1 aliphatic heterocycles. The smallest absolute Gasteiger partial charge is 0.00460 e. The van der Waals surface area contributed by atoms with Crippen LogP contribution in [0.4, 0.5) is 0 Å². The van der Waals surface area contributed by atoms with Gasteiger partial charge in [0.25, 0.3) is 0 Å². The van der Waals surface area contributed by atoms with Crippen molar-refractivity contribution in [1.82, 2.24) is 5.32 Å². The molecule has 0 spiro atoms. The van der Waals surface area contributed by atoms with Crippen molar-refractivity contribution in [3.8, 4) is 0 Å². The first kappa shape index (κ1) is 12.6. The standard InChI is InChI=1S/C16H25N/c1-12-5-6-15(13(2)11-12)16(3,4)14-7-9-17-10-8-14/h5-6,11,14,17H,7-10H2,1-4H3. The molecule has 0 saturated carbocycles. The van der Waals surface area contributed by atoms with Crippen LogP contribution in [0, 0.1) is 19.8 Å². The number of piperidine rings is 1. The Balaban J connectivity index is 2.29. The number of aryl methyl sites for hydroxylation is 2. The van der Waals surface area contributed by atoms with Gasteiger partial charge in [0.05, 0.1) is 0 Å². The molecule has 1 heterocycles. The summed E-state index contributed by atoms with van der Waals surface area (Å²) in [4.78, 5) is 0. The largest absolute Gasteiger partial charge is 0.317 e. The van der Waals surface area contributed by atoms with Crippen LogP contribution in [0.15, 0.2) is 18.2 Å². The summed E-state index contributed by atoms with van der Waals surface area (Å²) in [5, 5.41) is 3.46. The Hall–Kier alpha value is -0.820. The third kappa shape index (κ3) is 2.55. The van der Waals surface area contributed by atoms with Crippen molar-refractivity contribution in [3.63, 3.8) is 0 Å². The zero-order chi connectivity index (χ0) is 12.5. The average Bonchev–Trinajstić information content (AvgIpc) is 2.29. The molecular formula is C16H25N. The van der Waals surface area contributed by atoms with Crippen molar-refractivity contribution in [2.45, 2.75) is 46.0 Å². The molecule has 0 aliphatic carbocycles. The van der Waals surface area contributed by atoms with Gasteiger partial charge in [-0.15, -0.1) is 0 Å². The van der Waals surface area contributed by atoms with Gasteiger partial charge in [0, 0.05) is 0 Å². The molecule has 1 aromatic carbocycles. The first-order valence-corrected chi connectivity index (χ1v) is 6.80. The lowest BCUT2D eigenvalue weighted by Crippen LogP contribution is -2.38. The molecule has 1 N–H and O–H groups in total. The predicted octanol–water partition coefficient (Wildman–Crippen LogP) is 3.58. The lowest BCUT2D eigenvalue weighted by atomic mass is 9.68. The van der Waals surface area contributed by atoms with Crippen LogP contribution < -0.4 is 5.32 Å². The molecule has 94 valence electrons. The molecule has 1 aromatic rings. The van der Waals surface area contributed by atoms with Crippen LogP contribution in [-0.2, 0) is 5.41 Å². The molecule has 0 unspecified atom stereocenters. The summed E-state index contributed by atoms with van der Waals surface area (Å²) in [6, 6.07) is 6.91. The predicted molar refractivity (Wildman–Crippen MR) is 74.5 cm³/mol. The number of hydrogen-bond acceptors (Lipinski definition) is 1. The molecule has 1 nitrogen and oxygen atoms in total. The van der Waals surface area contributed by atoms with E-state index in [1.807, 2.05) is 0 Å². The molecule has 0 aromatic heterocycles. The number of nitrogens with one attached hydrogen (secondary N) is 1. The van der Waals surface area contributed by atoms with Gasteiger partial charge in [-0.1, -0.05) is 37.6 Å². The Morgan fingerprint density at radius 1 is 1.12 bits per heavy atom. The van der Waals surface area contributed by atoms with Crippen molar-refractivity contribution < 1.29 is 0 Å². The lowest BCUT2D eigenvalue weighted by Gasteiger charge is -2.38. The summed E-state index contributed by atoms with van der Waals surface area (Å²) < 4.78 is 0. The van der Waals surface area contributed by atoms with Crippen molar-refractivity contribution in [1.29, 1.82) is 0 Å². The van der Waals surface area contributed by atoms with E-state index in [2.05, 4.69) is 51.2 Å². The quantitative estimate of drug-likeness (QED) is 0.820. The summed E-state index contributed by atoms with van der Waals surface area (Å²) in [6.45, 7) is 11.6. The third-order valence-corrected chi connectivity index (χ3v) is 4.44. The summed E-state index contributed by atoms with van der Waals surface area (Å²) in [6.07, 6.45) is 2.61. The highest BCUT2D eigenvalue weighted by Gasteiger charge is 2.32. The summed E-state index contributed by atoms with van der Waals surface area (Å²) in [5.41, 5.74) is 4.66. The molecule has 0 amide bonds. The molecule has 0 bridgehead atoms. The second-order valence-corrected chi connectivity index (χ2v) is 6.06. The van der Waals surface area contributed by atoms with Gasteiger partial charge in [-0.2, -0.15) is 0 Å². The SMILES string of the molecule is Cc1ccc(C(C)(C)C2CCNCC2)c(C)c1. The zero-order valence-corrected chi connectivity index (χ0v) is 11.6. The van der Waals surface area contributed by atoms with Crippen molar-refractivity contribution >= 4 is 0 Å². The van der Waals surface area contributed by atoms with Gasteiger partial charge < -0.3 is 5.32 Å². The van der Waals surface area contributed by atoms with Gasteiger partial charge in [-0.05, 0) is 62.2 Å². The molecule has 1 saturated heterocycles. The van der Waals surface area contributed by atoms with Crippen LogP contribution in [0.25, 0.3) is 0 Å². The van der Waals surface area contributed by atoms with Crippen LogP contribution in [0.5, 0.6) is 0 Å². The second-order valence-electron chi connectivity index (χ2n) is 6.06. The fourth-order valence-electron chi connectivity index (χ4n) is 3.30. The second kappa shape index (κ2) is 4.81. The highest BCUT2D eigenvalue weighted by atomic mass is 14.9. The average molecular weight is 231 g/mol. The minimum absolute atomic E-state index is 0.305. The van der Waals surface area contributed by atoms with E-state index in [9.17, 15) is 0 Å². The normalized spacial score (nSPS) is 18.4. The van der Waals surface area contributed by atoms with Gasteiger partial charge in [-0.25, -0.2) is 0 Å². The van der Waals surface area contributed by atoms with Gasteiger partial charge in [-0.3, -0.25) is 0 Å². The maximum atomic E-state index is 3.46. The molecule has 2 rings (SSSR count). The highest BCUT2D eigenvalue weighted by molar-refractivity contribution is 5.36. The molecule has 1 heteroatoms. The molecule has 0 radical (unpaired) electrons. The first-order chi connectivity index (χ1) is 8.01. The molecule has 1 fully saturated rings. The van der Waals surface area contributed by atoms with Gasteiger partial charge in [0.15, 0.2) is 0 Å². The first-order valence-electron chi connectivity index (χ1n) is 6.80. The van der Waals surface area contributed by atoms with E-state index in [1.54, 1.807) is 0 Å². The Kier molecular flexibility index (Phi) is 3.58. The van der Waals surface area contributed by atoms with Crippen LogP contribution in [-0.4, -0.2) is 13.1 Å². The molecule has 1 aliphatic rings. The topological polar surface area (TPSA) is 12.0 Å². The number of rotatable bonds is 2. The minimum atomic E-state index is 0.305. The lowest BCUT2D eigenvalue weighted by molar-refractivity contribution is 0.246. The Morgan fingerprint density at radius 3 is 2.35 bits per heavy atom. The maximum absolute atomic E-state index is 3.46. The van der Waals surface area contributed by atoms with E-state index in [-0.39, 0.29) is 0 Å². The number of benzene rings is 1. The summed E-state index contributed by atoms with van der Waals surface area (Å²) in [5.74, 6) is 0.810. The molecule has 0 atom stereocenters. The summed E-state index contributed by atoms with van der Waals surface area (Å²) in [7, 11) is 0. The van der Waals surface area contributed by atoms with E-state index in [1.165, 1.54) is 42.6 Å². The Bertz CT molecular complexity index is 387. The molecule has 17 heavy (non-hydrogen) atoms. The van der Waals surface area contributed by atoms with E-state index in [0.29, 0.717) is 5.41 Å². The summed E-state index contributed by atoms with van der Waals surface area (Å²) >= 11 is 0. The van der Waals surface area contributed by atoms with E-state index >= 15 is 0 Å². The van der Waals surface area contributed by atoms with E-state index < -0.39 is 0 Å². The fraction of sp³-hybridized carbons (Fsp3) is 0.625. The van der Waals surface area contributed by atoms with Crippen LogP contribution in [0.2, 0.25) is 0 Å². The Morgan fingerprint density at radius 2 is 1.76 bits per heavy atom. The van der Waals surface area contributed by atoms with Crippen LogP contribution in [0.1, 0.15) is 43.4 Å².